The van der Waals surface area contributed by atoms with Gasteiger partial charge in [-0.15, -0.1) is 0 Å². The second-order valence-corrected chi connectivity index (χ2v) is 5.79. The number of rotatable bonds is 8. The first-order chi connectivity index (χ1) is 10.3. The van der Waals surface area contributed by atoms with Crippen LogP contribution in [0.2, 0.25) is 0 Å². The molecule has 21 heavy (non-hydrogen) atoms. The molecule has 0 aromatic heterocycles. The van der Waals surface area contributed by atoms with Gasteiger partial charge in [0.15, 0.2) is 0 Å². The molecule has 0 saturated carbocycles. The third-order valence-electron chi connectivity index (χ3n) is 4.08. The van der Waals surface area contributed by atoms with E-state index in [0.717, 1.165) is 38.2 Å². The fourth-order valence-electron chi connectivity index (χ4n) is 2.66. The van der Waals surface area contributed by atoms with Crippen LogP contribution in [0.1, 0.15) is 44.6 Å². The molecule has 0 N–H and O–H groups in total. The zero-order chi connectivity index (χ0) is 14.9. The summed E-state index contributed by atoms with van der Waals surface area (Å²) in [7, 11) is 1.69. The number of methoxy groups -OCH3 is 1. The molecule has 3 heteroatoms. The van der Waals surface area contributed by atoms with Crippen molar-refractivity contribution >= 4 is 0 Å². The number of ether oxygens (including phenoxy) is 3. The quantitative estimate of drug-likeness (QED) is 0.678. The van der Waals surface area contributed by atoms with Gasteiger partial charge < -0.3 is 14.2 Å². The average Bonchev–Trinajstić information content (AvgIpc) is 2.55. The molecule has 2 rings (SSSR count). The largest absolute Gasteiger partial charge is 0.497 e. The topological polar surface area (TPSA) is 27.7 Å². The predicted molar refractivity (Wildman–Crippen MR) is 84.9 cm³/mol. The summed E-state index contributed by atoms with van der Waals surface area (Å²) in [4.78, 5) is 0. The van der Waals surface area contributed by atoms with E-state index >= 15 is 0 Å². The Morgan fingerprint density at radius 3 is 2.24 bits per heavy atom. The number of aryl methyl sites for hydroxylation is 1. The van der Waals surface area contributed by atoms with Gasteiger partial charge in [0, 0.05) is 0 Å². The number of unbranched alkanes of at least 4 members (excludes halogenated alkanes) is 2. The lowest BCUT2D eigenvalue weighted by Crippen LogP contribution is -2.35. The predicted octanol–water partition coefficient (Wildman–Crippen LogP) is 3.99. The third kappa shape index (κ3) is 5.68. The van der Waals surface area contributed by atoms with Gasteiger partial charge in [-0.25, -0.2) is 0 Å². The maximum absolute atomic E-state index is 5.94. The summed E-state index contributed by atoms with van der Waals surface area (Å²) in [5.41, 5.74) is 1.32. The minimum Gasteiger partial charge on any atom is -0.497 e. The summed E-state index contributed by atoms with van der Waals surface area (Å²) in [6.45, 7) is 3.73. The monoisotopic (exact) mass is 292 g/mol. The van der Waals surface area contributed by atoms with Gasteiger partial charge in [0.05, 0.1) is 32.5 Å². The Kier molecular flexibility index (Phi) is 7.04. The molecule has 1 heterocycles. The van der Waals surface area contributed by atoms with Crippen LogP contribution in [0.25, 0.3) is 0 Å². The van der Waals surface area contributed by atoms with Crippen LogP contribution in [0, 0.1) is 0 Å². The Balaban J connectivity index is 1.64. The average molecular weight is 292 g/mol. The second-order valence-electron chi connectivity index (χ2n) is 5.79. The van der Waals surface area contributed by atoms with Gasteiger partial charge in [-0.2, -0.15) is 0 Å². The standard InChI is InChI=1S/C18H28O3/c1-3-4-5-6-17-13-21-18(14-20-17)12-9-15-7-10-16(19-2)11-8-15/h7-8,10-11,17-18H,3-6,9,12-14H2,1-2H3/t17-,18+/m1/s1. The zero-order valence-corrected chi connectivity index (χ0v) is 13.3. The van der Waals surface area contributed by atoms with Gasteiger partial charge in [-0.3, -0.25) is 0 Å². The van der Waals surface area contributed by atoms with E-state index in [2.05, 4.69) is 19.1 Å². The molecule has 0 bridgehead atoms. The van der Waals surface area contributed by atoms with Crippen molar-refractivity contribution in [2.45, 2.75) is 57.7 Å². The summed E-state index contributed by atoms with van der Waals surface area (Å²) >= 11 is 0. The summed E-state index contributed by atoms with van der Waals surface area (Å²) in [5, 5.41) is 0. The van der Waals surface area contributed by atoms with Crippen molar-refractivity contribution in [3.05, 3.63) is 29.8 Å². The molecule has 0 amide bonds. The smallest absolute Gasteiger partial charge is 0.118 e. The van der Waals surface area contributed by atoms with E-state index in [1.54, 1.807) is 7.11 Å². The van der Waals surface area contributed by atoms with Crippen molar-refractivity contribution < 1.29 is 14.2 Å². The molecule has 2 atom stereocenters. The summed E-state index contributed by atoms with van der Waals surface area (Å²) in [6, 6.07) is 8.26. The minimum atomic E-state index is 0.245. The van der Waals surface area contributed by atoms with Gasteiger partial charge in [0.2, 0.25) is 0 Å². The molecule has 1 fully saturated rings. The van der Waals surface area contributed by atoms with Gasteiger partial charge in [0.1, 0.15) is 5.75 Å². The highest BCUT2D eigenvalue weighted by atomic mass is 16.6. The van der Waals surface area contributed by atoms with E-state index in [0.29, 0.717) is 6.10 Å². The molecule has 118 valence electrons. The zero-order valence-electron chi connectivity index (χ0n) is 13.3. The second kappa shape index (κ2) is 9.06. The molecule has 0 radical (unpaired) electrons. The van der Waals surface area contributed by atoms with Crippen molar-refractivity contribution in [1.82, 2.24) is 0 Å². The van der Waals surface area contributed by atoms with Crippen LogP contribution in [-0.2, 0) is 15.9 Å². The van der Waals surface area contributed by atoms with E-state index in [-0.39, 0.29) is 6.10 Å². The van der Waals surface area contributed by atoms with Crippen molar-refractivity contribution in [3.63, 3.8) is 0 Å². The van der Waals surface area contributed by atoms with Crippen LogP contribution in [0.5, 0.6) is 5.75 Å². The SMILES string of the molecule is CCCCC[C@@H]1CO[C@@H](CCc2ccc(OC)cc2)CO1. The Morgan fingerprint density at radius 2 is 1.67 bits per heavy atom. The molecule has 1 aromatic carbocycles. The van der Waals surface area contributed by atoms with E-state index in [4.69, 9.17) is 14.2 Å². The van der Waals surface area contributed by atoms with Crippen LogP contribution in [0.15, 0.2) is 24.3 Å². The highest BCUT2D eigenvalue weighted by Crippen LogP contribution is 2.18. The molecule has 1 saturated heterocycles. The van der Waals surface area contributed by atoms with Crippen LogP contribution >= 0.6 is 0 Å². The molecule has 1 aliphatic heterocycles. The lowest BCUT2D eigenvalue weighted by molar-refractivity contribution is -0.136. The maximum atomic E-state index is 5.94. The molecule has 0 unspecified atom stereocenters. The fourth-order valence-corrected chi connectivity index (χ4v) is 2.66. The molecule has 1 aromatic rings. The van der Waals surface area contributed by atoms with Gasteiger partial charge in [0.25, 0.3) is 0 Å². The maximum Gasteiger partial charge on any atom is 0.118 e. The van der Waals surface area contributed by atoms with Crippen molar-refractivity contribution in [2.75, 3.05) is 20.3 Å². The first kappa shape index (κ1) is 16.3. The van der Waals surface area contributed by atoms with Crippen molar-refractivity contribution in [1.29, 1.82) is 0 Å². The summed E-state index contributed by atoms with van der Waals surface area (Å²) in [5.74, 6) is 0.908. The molecule has 3 nitrogen and oxygen atoms in total. The molecular weight excluding hydrogens is 264 g/mol. The van der Waals surface area contributed by atoms with Crippen molar-refractivity contribution in [3.8, 4) is 5.75 Å². The normalized spacial score (nSPS) is 22.2. The molecule has 0 aliphatic carbocycles. The summed E-state index contributed by atoms with van der Waals surface area (Å²) in [6.07, 6.45) is 7.55. The van der Waals surface area contributed by atoms with Crippen molar-refractivity contribution in [2.24, 2.45) is 0 Å². The Morgan fingerprint density at radius 1 is 1.00 bits per heavy atom. The first-order valence-corrected chi connectivity index (χ1v) is 8.18. The Labute approximate surface area is 128 Å². The molecular formula is C18H28O3. The lowest BCUT2D eigenvalue weighted by Gasteiger charge is -2.29. The Hall–Kier alpha value is -1.06. The number of hydrogen-bond acceptors (Lipinski definition) is 3. The Bertz CT molecular complexity index is 380. The van der Waals surface area contributed by atoms with E-state index < -0.39 is 0 Å². The van der Waals surface area contributed by atoms with Gasteiger partial charge in [-0.1, -0.05) is 38.3 Å². The van der Waals surface area contributed by atoms with Crippen LogP contribution in [0.4, 0.5) is 0 Å². The number of hydrogen-bond donors (Lipinski definition) is 0. The summed E-state index contributed by atoms with van der Waals surface area (Å²) < 4.78 is 17.0. The number of benzene rings is 1. The molecule has 1 aliphatic rings. The first-order valence-electron chi connectivity index (χ1n) is 8.18. The van der Waals surface area contributed by atoms with E-state index in [9.17, 15) is 0 Å². The van der Waals surface area contributed by atoms with E-state index in [1.807, 2.05) is 12.1 Å². The van der Waals surface area contributed by atoms with Crippen LogP contribution in [-0.4, -0.2) is 32.5 Å². The van der Waals surface area contributed by atoms with E-state index in [1.165, 1.54) is 24.8 Å². The molecule has 0 spiro atoms. The highest BCUT2D eigenvalue weighted by molar-refractivity contribution is 5.27. The van der Waals surface area contributed by atoms with Crippen LogP contribution < -0.4 is 4.74 Å². The van der Waals surface area contributed by atoms with Gasteiger partial charge >= 0.3 is 0 Å². The lowest BCUT2D eigenvalue weighted by atomic mass is 10.1. The highest BCUT2D eigenvalue weighted by Gasteiger charge is 2.21. The third-order valence-corrected chi connectivity index (χ3v) is 4.08. The van der Waals surface area contributed by atoms with Crippen LogP contribution in [0.3, 0.4) is 0 Å². The fraction of sp³-hybridized carbons (Fsp3) is 0.667. The minimum absolute atomic E-state index is 0.245. The van der Waals surface area contributed by atoms with Gasteiger partial charge in [-0.05, 0) is 37.0 Å².